The molecule has 1 aliphatic carbocycles. The van der Waals surface area contributed by atoms with Gasteiger partial charge in [0.2, 0.25) is 0 Å². The SMILES string of the molecule is CC[C@@](C)(O)c1cnc(NC2CC2)c2cnc(Nc3ccc4c(n3)[C@@H](C)C(C)(C)OC4=O)cc12. The molecular weight excluding hydrogens is 430 g/mol. The highest BCUT2D eigenvalue weighted by Crippen LogP contribution is 2.39. The normalized spacial score (nSPS) is 20.9. The topological polar surface area (TPSA) is 109 Å². The lowest BCUT2D eigenvalue weighted by Gasteiger charge is -2.36. The first-order valence-corrected chi connectivity index (χ1v) is 11.9. The van der Waals surface area contributed by atoms with E-state index in [1.807, 2.05) is 33.8 Å². The number of hydrogen-bond donors (Lipinski definition) is 3. The van der Waals surface area contributed by atoms with Crippen LogP contribution in [-0.2, 0) is 10.3 Å². The molecule has 0 unspecified atom stereocenters. The summed E-state index contributed by atoms with van der Waals surface area (Å²) in [4.78, 5) is 26.4. The van der Waals surface area contributed by atoms with E-state index in [0.29, 0.717) is 35.4 Å². The van der Waals surface area contributed by atoms with Crippen LogP contribution < -0.4 is 10.6 Å². The summed E-state index contributed by atoms with van der Waals surface area (Å²) in [5.41, 5.74) is 0.310. The Hall–Kier alpha value is -3.26. The van der Waals surface area contributed by atoms with Crippen molar-refractivity contribution in [2.45, 2.75) is 77.0 Å². The van der Waals surface area contributed by atoms with Crippen molar-refractivity contribution in [3.8, 4) is 0 Å². The maximum Gasteiger partial charge on any atom is 0.340 e. The van der Waals surface area contributed by atoms with Crippen LogP contribution in [0.3, 0.4) is 0 Å². The summed E-state index contributed by atoms with van der Waals surface area (Å²) in [5.74, 6) is 1.57. The van der Waals surface area contributed by atoms with E-state index in [9.17, 15) is 9.90 Å². The second-order valence-electron chi connectivity index (χ2n) is 10.2. The predicted molar refractivity (Wildman–Crippen MR) is 131 cm³/mol. The van der Waals surface area contributed by atoms with Crippen molar-refractivity contribution in [1.82, 2.24) is 15.0 Å². The van der Waals surface area contributed by atoms with E-state index in [2.05, 4.69) is 20.6 Å². The Morgan fingerprint density at radius 2 is 1.94 bits per heavy atom. The number of rotatable bonds is 6. The van der Waals surface area contributed by atoms with Gasteiger partial charge in [0.1, 0.15) is 23.1 Å². The Balaban J connectivity index is 1.54. The monoisotopic (exact) mass is 461 g/mol. The molecule has 3 aromatic heterocycles. The number of aromatic nitrogens is 3. The van der Waals surface area contributed by atoms with Gasteiger partial charge in [0, 0.05) is 35.3 Å². The molecule has 4 heterocycles. The Morgan fingerprint density at radius 1 is 1.18 bits per heavy atom. The van der Waals surface area contributed by atoms with Crippen LogP contribution in [0, 0.1) is 0 Å². The number of hydrogen-bond acceptors (Lipinski definition) is 8. The fraction of sp³-hybridized carbons (Fsp3) is 0.462. The number of cyclic esters (lactones) is 1. The zero-order valence-corrected chi connectivity index (χ0v) is 20.3. The van der Waals surface area contributed by atoms with E-state index in [4.69, 9.17) is 9.72 Å². The molecule has 0 saturated heterocycles. The van der Waals surface area contributed by atoms with Gasteiger partial charge in [0.05, 0.1) is 16.9 Å². The second kappa shape index (κ2) is 7.91. The number of anilines is 3. The van der Waals surface area contributed by atoms with Crippen molar-refractivity contribution in [3.05, 3.63) is 47.4 Å². The molecule has 3 N–H and O–H groups in total. The molecule has 2 aliphatic rings. The molecule has 3 aromatic rings. The highest BCUT2D eigenvalue weighted by Gasteiger charge is 2.40. The minimum Gasteiger partial charge on any atom is -0.455 e. The minimum atomic E-state index is -1.02. The number of carbonyl (C=O) groups is 1. The first-order chi connectivity index (χ1) is 16.1. The Labute approximate surface area is 199 Å². The van der Waals surface area contributed by atoms with Gasteiger partial charge in [-0.1, -0.05) is 13.8 Å². The third-order valence-corrected chi connectivity index (χ3v) is 7.17. The Morgan fingerprint density at radius 3 is 2.65 bits per heavy atom. The second-order valence-corrected chi connectivity index (χ2v) is 10.2. The van der Waals surface area contributed by atoms with E-state index in [1.165, 1.54) is 0 Å². The van der Waals surface area contributed by atoms with E-state index in [1.54, 1.807) is 31.5 Å². The minimum absolute atomic E-state index is 0.0557. The standard InChI is InChI=1S/C26H31N5O3/c1-6-26(5,33)19-13-28-23(29-15-7-8-15)18-12-27-21(11-17(18)19)30-20-10-9-16-22(31-20)14(2)25(3,4)34-24(16)32/h9-15,33H,6-8H2,1-5H3,(H,28,29)(H,27,30,31)/t14-,26-/m1/s1. The van der Waals surface area contributed by atoms with Crippen molar-refractivity contribution in [2.75, 3.05) is 10.6 Å². The molecule has 1 fully saturated rings. The quantitative estimate of drug-likeness (QED) is 0.440. The number of nitrogens with one attached hydrogen (secondary N) is 2. The zero-order valence-electron chi connectivity index (χ0n) is 20.3. The van der Waals surface area contributed by atoms with Crippen LogP contribution in [0.15, 0.2) is 30.6 Å². The van der Waals surface area contributed by atoms with Crippen molar-refractivity contribution in [1.29, 1.82) is 0 Å². The van der Waals surface area contributed by atoms with E-state index in [-0.39, 0.29) is 11.9 Å². The number of aliphatic hydroxyl groups is 1. The van der Waals surface area contributed by atoms with Crippen LogP contribution in [-0.4, -0.2) is 37.7 Å². The summed E-state index contributed by atoms with van der Waals surface area (Å²) in [6.07, 6.45) is 6.37. The Kier molecular flexibility index (Phi) is 5.24. The predicted octanol–water partition coefficient (Wildman–Crippen LogP) is 5.01. The van der Waals surface area contributed by atoms with Gasteiger partial charge >= 0.3 is 5.97 Å². The number of esters is 1. The lowest BCUT2D eigenvalue weighted by molar-refractivity contribution is -0.0189. The summed E-state index contributed by atoms with van der Waals surface area (Å²) >= 11 is 0. The van der Waals surface area contributed by atoms with Crippen molar-refractivity contribution < 1.29 is 14.6 Å². The molecule has 2 atom stereocenters. The molecule has 8 heteroatoms. The van der Waals surface area contributed by atoms with E-state index >= 15 is 0 Å². The largest absolute Gasteiger partial charge is 0.455 e. The van der Waals surface area contributed by atoms with Crippen LogP contribution in [0.25, 0.3) is 10.8 Å². The number of pyridine rings is 3. The van der Waals surface area contributed by atoms with E-state index in [0.717, 1.165) is 35.0 Å². The summed E-state index contributed by atoms with van der Waals surface area (Å²) in [5, 5.41) is 19.5. The fourth-order valence-corrected chi connectivity index (χ4v) is 4.25. The molecule has 34 heavy (non-hydrogen) atoms. The van der Waals surface area contributed by atoms with Gasteiger partial charge in [0.15, 0.2) is 0 Å². The van der Waals surface area contributed by atoms with Gasteiger partial charge in [0.25, 0.3) is 0 Å². The van der Waals surface area contributed by atoms with Crippen molar-refractivity contribution in [2.24, 2.45) is 0 Å². The lowest BCUT2D eigenvalue weighted by Crippen LogP contribution is -2.39. The van der Waals surface area contributed by atoms with Gasteiger partial charge in [-0.3, -0.25) is 0 Å². The molecule has 0 spiro atoms. The maximum atomic E-state index is 12.4. The number of fused-ring (bicyclic) bond motifs is 2. The first kappa shape index (κ1) is 22.5. The average Bonchev–Trinajstić information content (AvgIpc) is 3.61. The van der Waals surface area contributed by atoms with Gasteiger partial charge in [-0.15, -0.1) is 0 Å². The molecule has 1 saturated carbocycles. The molecule has 5 rings (SSSR count). The highest BCUT2D eigenvalue weighted by atomic mass is 16.6. The van der Waals surface area contributed by atoms with Gasteiger partial charge in [-0.2, -0.15) is 0 Å². The average molecular weight is 462 g/mol. The molecule has 0 amide bonds. The fourth-order valence-electron chi connectivity index (χ4n) is 4.25. The smallest absolute Gasteiger partial charge is 0.340 e. The highest BCUT2D eigenvalue weighted by molar-refractivity contribution is 5.96. The maximum absolute atomic E-state index is 12.4. The molecule has 0 aromatic carbocycles. The van der Waals surface area contributed by atoms with Crippen molar-refractivity contribution in [3.63, 3.8) is 0 Å². The summed E-state index contributed by atoms with van der Waals surface area (Å²) in [6.45, 7) is 9.56. The summed E-state index contributed by atoms with van der Waals surface area (Å²) in [7, 11) is 0. The van der Waals surface area contributed by atoms with Crippen molar-refractivity contribution >= 4 is 34.2 Å². The number of ether oxygens (including phenoxy) is 1. The van der Waals surface area contributed by atoms with Gasteiger partial charge in [-0.05, 0) is 63.6 Å². The first-order valence-electron chi connectivity index (χ1n) is 11.9. The van der Waals surface area contributed by atoms with Crippen LogP contribution in [0.2, 0.25) is 0 Å². The van der Waals surface area contributed by atoms with Gasteiger partial charge < -0.3 is 20.5 Å². The van der Waals surface area contributed by atoms with Gasteiger partial charge in [-0.25, -0.2) is 19.7 Å². The molecule has 0 bridgehead atoms. The Bertz CT molecular complexity index is 1280. The van der Waals surface area contributed by atoms with Crippen LogP contribution in [0.5, 0.6) is 0 Å². The van der Waals surface area contributed by atoms with Crippen LogP contribution in [0.4, 0.5) is 17.5 Å². The lowest BCUT2D eigenvalue weighted by atomic mass is 9.84. The molecule has 0 radical (unpaired) electrons. The molecule has 8 nitrogen and oxygen atoms in total. The molecule has 1 aliphatic heterocycles. The third kappa shape index (κ3) is 3.96. The molecular formula is C26H31N5O3. The summed E-state index contributed by atoms with van der Waals surface area (Å²) in [6, 6.07) is 5.88. The van der Waals surface area contributed by atoms with Crippen LogP contribution >= 0.6 is 0 Å². The third-order valence-electron chi connectivity index (χ3n) is 7.17. The number of nitrogens with zero attached hydrogens (tertiary/aromatic N) is 3. The molecule has 178 valence electrons. The van der Waals surface area contributed by atoms with Crippen LogP contribution in [0.1, 0.15) is 81.4 Å². The number of carbonyl (C=O) groups excluding carboxylic acids is 1. The van der Waals surface area contributed by atoms with E-state index < -0.39 is 11.2 Å². The summed E-state index contributed by atoms with van der Waals surface area (Å²) < 4.78 is 5.57. The zero-order chi connectivity index (χ0) is 24.3.